The van der Waals surface area contributed by atoms with Gasteiger partial charge in [-0.2, -0.15) is 0 Å². The van der Waals surface area contributed by atoms with Gasteiger partial charge in [0.2, 0.25) is 0 Å². The van der Waals surface area contributed by atoms with Crippen molar-refractivity contribution < 1.29 is 8.78 Å². The summed E-state index contributed by atoms with van der Waals surface area (Å²) in [6.07, 6.45) is 1.56. The van der Waals surface area contributed by atoms with E-state index in [2.05, 4.69) is 15.0 Å². The van der Waals surface area contributed by atoms with Crippen LogP contribution in [0.3, 0.4) is 0 Å². The average molecular weight is 310 g/mol. The van der Waals surface area contributed by atoms with Gasteiger partial charge in [0.1, 0.15) is 17.5 Å². The van der Waals surface area contributed by atoms with Gasteiger partial charge in [0.15, 0.2) is 5.82 Å². The van der Waals surface area contributed by atoms with Crippen molar-refractivity contribution in [3.63, 3.8) is 0 Å². The first-order chi connectivity index (χ1) is 11.0. The van der Waals surface area contributed by atoms with E-state index in [1.807, 2.05) is 25.1 Å². The molecule has 23 heavy (non-hydrogen) atoms. The van der Waals surface area contributed by atoms with E-state index in [0.29, 0.717) is 28.1 Å². The van der Waals surface area contributed by atoms with Gasteiger partial charge in [-0.3, -0.25) is 0 Å². The van der Waals surface area contributed by atoms with Crippen molar-refractivity contribution in [1.29, 1.82) is 0 Å². The first-order valence-electron chi connectivity index (χ1n) is 7.03. The van der Waals surface area contributed by atoms with Gasteiger partial charge in [-0.05, 0) is 30.7 Å². The lowest BCUT2D eigenvalue weighted by molar-refractivity contribution is 0.591. The molecule has 2 aromatic heterocycles. The quantitative estimate of drug-likeness (QED) is 0.559. The van der Waals surface area contributed by atoms with Crippen molar-refractivity contribution >= 4 is 27.6 Å². The molecule has 0 aliphatic rings. The average Bonchev–Trinajstić information content (AvgIpc) is 2.90. The minimum Gasteiger partial charge on any atom is -0.383 e. The third kappa shape index (κ3) is 2.11. The van der Waals surface area contributed by atoms with Crippen molar-refractivity contribution in [2.24, 2.45) is 0 Å². The second-order valence-corrected chi connectivity index (χ2v) is 5.47. The van der Waals surface area contributed by atoms with Crippen LogP contribution >= 0.6 is 0 Å². The second kappa shape index (κ2) is 4.74. The molecule has 0 fully saturated rings. The molecule has 6 heteroatoms. The number of hydrogen-bond donors (Lipinski definition) is 2. The van der Waals surface area contributed by atoms with E-state index >= 15 is 0 Å². The van der Waals surface area contributed by atoms with Crippen molar-refractivity contribution in [1.82, 2.24) is 15.0 Å². The predicted octanol–water partition coefficient (Wildman–Crippen LogP) is 3.95. The van der Waals surface area contributed by atoms with Crippen molar-refractivity contribution in [2.45, 2.75) is 6.92 Å². The number of anilines is 1. The van der Waals surface area contributed by atoms with Crippen molar-refractivity contribution in [3.05, 3.63) is 53.7 Å². The predicted molar refractivity (Wildman–Crippen MR) is 85.9 cm³/mol. The van der Waals surface area contributed by atoms with Crippen LogP contribution in [0.2, 0.25) is 0 Å². The zero-order valence-electron chi connectivity index (χ0n) is 12.2. The number of aryl methyl sites for hydroxylation is 1. The fraction of sp³-hybridized carbons (Fsp3) is 0.0588. The summed E-state index contributed by atoms with van der Waals surface area (Å²) >= 11 is 0. The molecule has 3 N–H and O–H groups in total. The lowest BCUT2D eigenvalue weighted by Gasteiger charge is -2.06. The number of benzene rings is 2. The molecule has 0 radical (unpaired) electrons. The fourth-order valence-corrected chi connectivity index (χ4v) is 2.72. The zero-order valence-corrected chi connectivity index (χ0v) is 12.2. The fourth-order valence-electron chi connectivity index (χ4n) is 2.72. The highest BCUT2D eigenvalue weighted by molar-refractivity contribution is 5.96. The number of hydrogen-bond acceptors (Lipinski definition) is 3. The summed E-state index contributed by atoms with van der Waals surface area (Å²) in [5.41, 5.74) is 8.46. The maximum absolute atomic E-state index is 13.8. The summed E-state index contributed by atoms with van der Waals surface area (Å²) in [5, 5.41) is 1.13. The number of nitrogens with one attached hydrogen (secondary N) is 1. The second-order valence-electron chi connectivity index (χ2n) is 5.47. The largest absolute Gasteiger partial charge is 0.383 e. The Morgan fingerprint density at radius 2 is 1.87 bits per heavy atom. The molecule has 0 aliphatic carbocycles. The number of aromatic amines is 1. The molecule has 0 saturated carbocycles. The number of nitrogens with zero attached hydrogens (tertiary/aromatic N) is 2. The van der Waals surface area contributed by atoms with Crippen LogP contribution in [-0.4, -0.2) is 15.0 Å². The van der Waals surface area contributed by atoms with Gasteiger partial charge in [0.25, 0.3) is 0 Å². The van der Waals surface area contributed by atoms with Crippen LogP contribution in [0, 0.1) is 18.6 Å². The Kier molecular flexibility index (Phi) is 2.81. The molecular formula is C17H12F2N4. The van der Waals surface area contributed by atoms with Gasteiger partial charge >= 0.3 is 0 Å². The van der Waals surface area contributed by atoms with Gasteiger partial charge in [0, 0.05) is 28.6 Å². The normalized spacial score (nSPS) is 11.4. The van der Waals surface area contributed by atoms with Crippen LogP contribution in [0.25, 0.3) is 33.2 Å². The monoisotopic (exact) mass is 310 g/mol. The lowest BCUT2D eigenvalue weighted by Crippen LogP contribution is -1.98. The smallest absolute Gasteiger partial charge is 0.164 e. The molecule has 4 aromatic rings. The summed E-state index contributed by atoms with van der Waals surface area (Å²) in [4.78, 5) is 11.6. The Morgan fingerprint density at radius 1 is 1.04 bits per heavy atom. The third-order valence-electron chi connectivity index (χ3n) is 3.83. The van der Waals surface area contributed by atoms with Crippen LogP contribution < -0.4 is 5.73 Å². The number of fused-ring (bicyclic) bond motifs is 2. The zero-order chi connectivity index (χ0) is 16.1. The molecule has 0 aliphatic heterocycles. The Balaban J connectivity index is 2.03. The summed E-state index contributed by atoms with van der Waals surface area (Å²) < 4.78 is 27.4. The maximum atomic E-state index is 13.8. The van der Waals surface area contributed by atoms with Crippen molar-refractivity contribution in [2.75, 3.05) is 5.73 Å². The van der Waals surface area contributed by atoms with Gasteiger partial charge in [0.05, 0.1) is 11.0 Å². The Hall–Kier alpha value is -3.02. The van der Waals surface area contributed by atoms with E-state index in [-0.39, 0.29) is 5.52 Å². The standard InChI is InChI=1S/C17H12F2N4/c1-8-2-3-10-14(4-8)22-17(23-16(10)20)12-7-21-15-11(12)5-9(18)6-13(15)19/h2-7,21H,1H3,(H2,20,22,23). The highest BCUT2D eigenvalue weighted by Gasteiger charge is 2.15. The SMILES string of the molecule is Cc1ccc2c(N)nc(-c3c[nH]c4c(F)cc(F)cc34)nc2c1. The van der Waals surface area contributed by atoms with Gasteiger partial charge < -0.3 is 10.7 Å². The van der Waals surface area contributed by atoms with Gasteiger partial charge in [-0.1, -0.05) is 6.07 Å². The van der Waals surface area contributed by atoms with Gasteiger partial charge in [-0.15, -0.1) is 0 Å². The first-order valence-corrected chi connectivity index (χ1v) is 7.03. The highest BCUT2D eigenvalue weighted by Crippen LogP contribution is 2.31. The molecule has 4 rings (SSSR count). The number of nitrogen functional groups attached to an aromatic ring is 1. The van der Waals surface area contributed by atoms with E-state index in [4.69, 9.17) is 5.73 Å². The molecule has 0 bridgehead atoms. The molecule has 0 amide bonds. The molecule has 2 heterocycles. The van der Waals surface area contributed by atoms with Crippen molar-refractivity contribution in [3.8, 4) is 11.4 Å². The molecule has 0 spiro atoms. The third-order valence-corrected chi connectivity index (χ3v) is 3.83. The molecule has 0 saturated heterocycles. The number of halogens is 2. The van der Waals surface area contributed by atoms with Gasteiger partial charge in [-0.25, -0.2) is 18.7 Å². The minimum absolute atomic E-state index is 0.216. The number of aromatic nitrogens is 3. The topological polar surface area (TPSA) is 67.6 Å². The summed E-state index contributed by atoms with van der Waals surface area (Å²) in [5.74, 6) is -0.649. The molecular weight excluding hydrogens is 298 g/mol. The Bertz CT molecular complexity index is 1070. The highest BCUT2D eigenvalue weighted by atomic mass is 19.1. The molecule has 0 unspecified atom stereocenters. The van der Waals surface area contributed by atoms with Crippen LogP contribution in [0.1, 0.15) is 5.56 Å². The molecule has 0 atom stereocenters. The molecule has 2 aromatic carbocycles. The summed E-state index contributed by atoms with van der Waals surface area (Å²) in [6.45, 7) is 1.95. The van der Waals surface area contributed by atoms with E-state index in [9.17, 15) is 8.78 Å². The first kappa shape index (κ1) is 13.6. The Labute approximate surface area is 130 Å². The summed E-state index contributed by atoms with van der Waals surface area (Å²) in [7, 11) is 0. The lowest BCUT2D eigenvalue weighted by atomic mass is 10.1. The summed E-state index contributed by atoms with van der Waals surface area (Å²) in [6, 6.07) is 7.77. The number of rotatable bonds is 1. The number of nitrogens with two attached hydrogens (primary N) is 1. The van der Waals surface area contributed by atoms with Crippen LogP contribution in [-0.2, 0) is 0 Å². The van der Waals surface area contributed by atoms with E-state index < -0.39 is 11.6 Å². The van der Waals surface area contributed by atoms with Crippen LogP contribution in [0.15, 0.2) is 36.5 Å². The van der Waals surface area contributed by atoms with E-state index in [1.54, 1.807) is 6.20 Å². The van der Waals surface area contributed by atoms with Crippen LogP contribution in [0.5, 0.6) is 0 Å². The molecule has 4 nitrogen and oxygen atoms in total. The minimum atomic E-state index is -0.657. The molecule has 114 valence electrons. The number of H-pyrrole nitrogens is 1. The maximum Gasteiger partial charge on any atom is 0.164 e. The van der Waals surface area contributed by atoms with E-state index in [1.165, 1.54) is 6.07 Å². The van der Waals surface area contributed by atoms with E-state index in [0.717, 1.165) is 17.0 Å². The Morgan fingerprint density at radius 3 is 2.70 bits per heavy atom. The van der Waals surface area contributed by atoms with Crippen LogP contribution in [0.4, 0.5) is 14.6 Å².